The lowest BCUT2D eigenvalue weighted by Crippen LogP contribution is -2.38. The summed E-state index contributed by atoms with van der Waals surface area (Å²) in [6.07, 6.45) is -4.95. The molecule has 5 nitrogen and oxygen atoms in total. The lowest BCUT2D eigenvalue weighted by atomic mass is 10.2. The largest absolute Gasteiger partial charge is 0.471 e. The number of carbonyl (C=O) groups is 1. The molecule has 0 aliphatic carbocycles. The summed E-state index contributed by atoms with van der Waals surface area (Å²) in [4.78, 5) is 11.3. The fourth-order valence-corrected chi connectivity index (χ4v) is 1.12. The number of carbonyl (C=O) groups excluding carboxylic acids is 1. The highest BCUT2D eigenvalue weighted by molar-refractivity contribution is 5.96. The van der Waals surface area contributed by atoms with E-state index >= 15 is 0 Å². The van der Waals surface area contributed by atoms with Gasteiger partial charge in [-0.3, -0.25) is 15.2 Å². The summed E-state index contributed by atoms with van der Waals surface area (Å²) in [5, 5.41) is 17.1. The van der Waals surface area contributed by atoms with Gasteiger partial charge in [0.15, 0.2) is 0 Å². The molecule has 0 aromatic heterocycles. The van der Waals surface area contributed by atoms with Gasteiger partial charge in [-0.15, -0.1) is 5.23 Å². The quantitative estimate of drug-likeness (QED) is 0.785. The number of hydrogen-bond acceptors (Lipinski definition) is 4. The van der Waals surface area contributed by atoms with Crippen LogP contribution in [0.2, 0.25) is 0 Å². The summed E-state index contributed by atoms with van der Waals surface area (Å²) in [6, 6.07) is 4.60. The molecule has 1 rings (SSSR count). The lowest BCUT2D eigenvalue weighted by molar-refractivity contribution is -0.170. The Kier molecular flexibility index (Phi) is 3.59. The van der Waals surface area contributed by atoms with Gasteiger partial charge >= 0.3 is 12.1 Å². The zero-order valence-electron chi connectivity index (χ0n) is 8.64. The maximum Gasteiger partial charge on any atom is 0.471 e. The molecule has 8 heteroatoms. The smallest absolute Gasteiger partial charge is 0.308 e. The Morgan fingerprint density at radius 1 is 1.12 bits per heavy atom. The van der Waals surface area contributed by atoms with Gasteiger partial charge in [-0.1, -0.05) is 0 Å². The second kappa shape index (κ2) is 4.60. The van der Waals surface area contributed by atoms with Crippen molar-refractivity contribution in [1.29, 1.82) is 0 Å². The van der Waals surface area contributed by atoms with Crippen LogP contribution in [0.5, 0.6) is 0 Å². The van der Waals surface area contributed by atoms with E-state index in [0.29, 0.717) is 4.90 Å². The van der Waals surface area contributed by atoms with Crippen molar-refractivity contribution in [3.63, 3.8) is 0 Å². The highest BCUT2D eigenvalue weighted by Crippen LogP contribution is 2.24. The Morgan fingerprint density at radius 2 is 1.53 bits per heavy atom. The Labute approximate surface area is 94.2 Å². The van der Waals surface area contributed by atoms with Crippen LogP contribution in [0.1, 0.15) is 0 Å². The molecule has 0 aliphatic heterocycles. The third-order valence-electron chi connectivity index (χ3n) is 2.02. The summed E-state index contributed by atoms with van der Waals surface area (Å²) in [6.45, 7) is 0. The van der Waals surface area contributed by atoms with E-state index in [2.05, 4.69) is 0 Å². The van der Waals surface area contributed by atoms with Crippen molar-refractivity contribution in [2.75, 3.05) is 17.2 Å². The van der Waals surface area contributed by atoms with Crippen LogP contribution in [0.15, 0.2) is 24.3 Å². The van der Waals surface area contributed by atoms with Gasteiger partial charge in [-0.2, -0.15) is 13.2 Å². The van der Waals surface area contributed by atoms with Crippen LogP contribution >= 0.6 is 0 Å². The third kappa shape index (κ3) is 3.08. The van der Waals surface area contributed by atoms with Crippen molar-refractivity contribution in [3.8, 4) is 0 Å². The maximum absolute atomic E-state index is 12.1. The normalized spacial score (nSPS) is 11.2. The van der Waals surface area contributed by atoms with E-state index < -0.39 is 12.1 Å². The van der Waals surface area contributed by atoms with Crippen LogP contribution in [0.25, 0.3) is 0 Å². The second-order valence-electron chi connectivity index (χ2n) is 3.17. The van der Waals surface area contributed by atoms with E-state index in [1.165, 1.54) is 0 Å². The summed E-state index contributed by atoms with van der Waals surface area (Å²) in [7, 11) is 0.973. The molecule has 1 amide bonds. The summed E-state index contributed by atoms with van der Waals surface area (Å²) in [5.41, 5.74) is -0.0560. The first-order valence-electron chi connectivity index (χ1n) is 4.36. The predicted molar refractivity (Wildman–Crippen MR) is 52.0 cm³/mol. The molecule has 0 spiro atoms. The molecule has 0 fully saturated rings. The lowest BCUT2D eigenvalue weighted by Gasteiger charge is -2.19. The minimum Gasteiger partial charge on any atom is -0.308 e. The van der Waals surface area contributed by atoms with Crippen LogP contribution in [0, 0.1) is 0 Å². The first kappa shape index (κ1) is 13.3. The molecule has 17 heavy (non-hydrogen) atoms. The van der Waals surface area contributed by atoms with Gasteiger partial charge in [0.25, 0.3) is 0 Å². The molecular formula is C9H9F3N2O3. The number of rotatable bonds is 2. The molecular weight excluding hydrogens is 241 g/mol. The number of anilines is 2. The van der Waals surface area contributed by atoms with Gasteiger partial charge in [-0.25, -0.2) is 0 Å². The van der Waals surface area contributed by atoms with Gasteiger partial charge in [0.05, 0.1) is 5.69 Å². The van der Waals surface area contributed by atoms with E-state index in [1.54, 1.807) is 0 Å². The van der Waals surface area contributed by atoms with Crippen molar-refractivity contribution < 1.29 is 28.4 Å². The average molecular weight is 250 g/mol. The van der Waals surface area contributed by atoms with E-state index in [9.17, 15) is 18.0 Å². The van der Waals surface area contributed by atoms with Crippen molar-refractivity contribution in [1.82, 2.24) is 0 Å². The molecule has 0 heterocycles. The summed E-state index contributed by atoms with van der Waals surface area (Å²) >= 11 is 0. The maximum atomic E-state index is 12.1. The third-order valence-corrected chi connectivity index (χ3v) is 2.02. The highest BCUT2D eigenvalue weighted by atomic mass is 19.4. The summed E-state index contributed by atoms with van der Waals surface area (Å²) in [5.74, 6) is -2.00. The minimum absolute atomic E-state index is 0.0158. The number of hydrogen-bond donors (Lipinski definition) is 2. The fraction of sp³-hybridized carbons (Fsp3) is 0.222. The Morgan fingerprint density at radius 3 is 1.88 bits per heavy atom. The van der Waals surface area contributed by atoms with Crippen molar-refractivity contribution in [2.45, 2.75) is 6.18 Å². The van der Waals surface area contributed by atoms with E-state index in [1.807, 2.05) is 0 Å². The molecule has 0 aliphatic rings. The Bertz CT molecular complexity index is 403. The zero-order chi connectivity index (χ0) is 13.2. The van der Waals surface area contributed by atoms with Crippen LogP contribution in [-0.2, 0) is 4.79 Å². The van der Waals surface area contributed by atoms with E-state index in [0.717, 1.165) is 31.3 Å². The van der Waals surface area contributed by atoms with Crippen molar-refractivity contribution >= 4 is 17.3 Å². The molecule has 1 aromatic carbocycles. The van der Waals surface area contributed by atoms with Gasteiger partial charge < -0.3 is 4.90 Å². The molecule has 1 aromatic rings. The van der Waals surface area contributed by atoms with Crippen molar-refractivity contribution in [2.24, 2.45) is 0 Å². The van der Waals surface area contributed by atoms with Crippen LogP contribution in [0.4, 0.5) is 24.5 Å². The Hall–Kier alpha value is -1.80. The molecule has 0 saturated carbocycles. The minimum atomic E-state index is -4.95. The fourth-order valence-electron chi connectivity index (χ4n) is 1.12. The van der Waals surface area contributed by atoms with Crippen LogP contribution < -0.4 is 10.1 Å². The standard InChI is InChI=1S/C9H9F3N2O3/c1-13(8(15)9(10,11)12)6-2-4-7(5-3-6)14(16)17/h2-5,16-17H,1H3. The van der Waals surface area contributed by atoms with E-state index in [-0.39, 0.29) is 16.6 Å². The number of nitrogens with zero attached hydrogens (tertiary/aromatic N) is 2. The van der Waals surface area contributed by atoms with Gasteiger partial charge in [0.2, 0.25) is 0 Å². The summed E-state index contributed by atoms with van der Waals surface area (Å²) < 4.78 is 36.3. The molecule has 0 saturated heterocycles. The molecule has 94 valence electrons. The number of amides is 1. The predicted octanol–water partition coefficient (Wildman–Crippen LogP) is 1.80. The van der Waals surface area contributed by atoms with Gasteiger partial charge in [-0.05, 0) is 24.3 Å². The highest BCUT2D eigenvalue weighted by Gasteiger charge is 2.41. The van der Waals surface area contributed by atoms with Crippen LogP contribution in [0.3, 0.4) is 0 Å². The molecule has 0 unspecified atom stereocenters. The van der Waals surface area contributed by atoms with Gasteiger partial charge in [0.1, 0.15) is 0 Å². The van der Waals surface area contributed by atoms with Crippen molar-refractivity contribution in [3.05, 3.63) is 24.3 Å². The molecule has 2 N–H and O–H groups in total. The van der Waals surface area contributed by atoms with Crippen LogP contribution in [-0.4, -0.2) is 29.5 Å². The van der Waals surface area contributed by atoms with E-state index in [4.69, 9.17) is 10.4 Å². The number of halogens is 3. The first-order valence-corrected chi connectivity index (χ1v) is 4.36. The zero-order valence-corrected chi connectivity index (χ0v) is 8.64. The Balaban J connectivity index is 2.91. The van der Waals surface area contributed by atoms with Gasteiger partial charge in [0, 0.05) is 12.7 Å². The average Bonchev–Trinajstić information content (AvgIpc) is 2.26. The monoisotopic (exact) mass is 250 g/mol. The number of alkyl halides is 3. The topological polar surface area (TPSA) is 64.0 Å². The SMILES string of the molecule is CN(C(=O)C(F)(F)F)c1ccc(N(O)O)cc1. The number of benzene rings is 1. The molecule has 0 atom stereocenters. The molecule has 0 bridgehead atoms. The second-order valence-corrected chi connectivity index (χ2v) is 3.17. The molecule has 0 radical (unpaired) electrons. The first-order chi connectivity index (χ1) is 7.73.